The number of aromatic amines is 1. The molecule has 50 heavy (non-hydrogen) atoms. The Balaban J connectivity index is 0.915. The summed E-state index contributed by atoms with van der Waals surface area (Å²) in [6.07, 6.45) is 7.11. The lowest BCUT2D eigenvalue weighted by atomic mass is 9.86. The molecular formula is C38H47N7O5. The van der Waals surface area contributed by atoms with Gasteiger partial charge >= 0.3 is 0 Å². The number of amides is 2. The van der Waals surface area contributed by atoms with E-state index in [1.54, 1.807) is 32.0 Å². The second-order valence-electron chi connectivity index (χ2n) is 13.9. The Labute approximate surface area is 292 Å². The molecule has 12 heteroatoms. The van der Waals surface area contributed by atoms with Crippen LogP contribution in [-0.4, -0.2) is 108 Å². The van der Waals surface area contributed by atoms with Crippen LogP contribution in [0.25, 0.3) is 22.0 Å². The number of methoxy groups -OCH3 is 2. The van der Waals surface area contributed by atoms with Gasteiger partial charge in [0.15, 0.2) is 0 Å². The molecule has 5 heterocycles. The van der Waals surface area contributed by atoms with Gasteiger partial charge in [0.05, 0.1) is 32.5 Å². The summed E-state index contributed by atoms with van der Waals surface area (Å²) in [5.41, 5.74) is 5.69. The number of nitrogens with one attached hydrogen (secondary N) is 2. The quantitative estimate of drug-likeness (QED) is 0.275. The van der Waals surface area contributed by atoms with Crippen LogP contribution in [0.5, 0.6) is 11.5 Å². The molecule has 0 bridgehead atoms. The van der Waals surface area contributed by atoms with Crippen LogP contribution < -0.4 is 20.3 Å². The summed E-state index contributed by atoms with van der Waals surface area (Å²) in [7, 11) is 5.04. The van der Waals surface area contributed by atoms with Crippen molar-refractivity contribution in [1.29, 1.82) is 0 Å². The molecule has 2 aromatic heterocycles. The highest BCUT2D eigenvalue weighted by Crippen LogP contribution is 2.38. The summed E-state index contributed by atoms with van der Waals surface area (Å²) in [6, 6.07) is 13.0. The maximum absolute atomic E-state index is 13.4. The number of fused-ring (bicyclic) bond motifs is 1. The summed E-state index contributed by atoms with van der Waals surface area (Å²) in [5, 5.41) is 10.7. The van der Waals surface area contributed by atoms with E-state index in [-0.39, 0.29) is 17.4 Å². The van der Waals surface area contributed by atoms with E-state index in [0.29, 0.717) is 61.5 Å². The van der Waals surface area contributed by atoms with E-state index in [1.807, 2.05) is 23.2 Å². The SMILES string of the molecule is COc1cc(-c2cn(C)c(=O)c3[nH]ncc23)cc(OC)c1CN1CCN(C(=O)CN2CCC(c3ccc(C4CCC(=O)NC4)cc3)CC2)CC1. The number of benzene rings is 2. The molecule has 2 amide bonds. The van der Waals surface area contributed by atoms with Crippen molar-refractivity contribution >= 4 is 22.7 Å². The number of pyridine rings is 1. The summed E-state index contributed by atoms with van der Waals surface area (Å²) in [6.45, 7) is 6.58. The van der Waals surface area contributed by atoms with Gasteiger partial charge < -0.3 is 24.3 Å². The Morgan fingerprint density at radius 2 is 1.54 bits per heavy atom. The van der Waals surface area contributed by atoms with E-state index in [2.05, 4.69) is 49.6 Å². The molecule has 3 aliphatic rings. The number of aryl methyl sites for hydroxylation is 1. The van der Waals surface area contributed by atoms with Crippen molar-refractivity contribution in [2.45, 2.75) is 44.1 Å². The first-order valence-corrected chi connectivity index (χ1v) is 17.7. The number of hydrogen-bond donors (Lipinski definition) is 2. The molecular weight excluding hydrogens is 634 g/mol. The van der Waals surface area contributed by atoms with Crippen molar-refractivity contribution in [3.63, 3.8) is 0 Å². The number of hydrogen-bond acceptors (Lipinski definition) is 8. The summed E-state index contributed by atoms with van der Waals surface area (Å²) >= 11 is 0. The summed E-state index contributed by atoms with van der Waals surface area (Å²) in [5.74, 6) is 2.70. The molecule has 0 saturated carbocycles. The van der Waals surface area contributed by atoms with Crippen LogP contribution in [0.15, 0.2) is 53.6 Å². The molecule has 4 aromatic rings. The van der Waals surface area contributed by atoms with Crippen LogP contribution in [0.1, 0.15) is 54.2 Å². The van der Waals surface area contributed by atoms with Crippen molar-refractivity contribution in [2.75, 3.05) is 66.6 Å². The second-order valence-corrected chi connectivity index (χ2v) is 13.9. The van der Waals surface area contributed by atoms with Gasteiger partial charge in [-0.25, -0.2) is 0 Å². The lowest BCUT2D eigenvalue weighted by molar-refractivity contribution is -0.134. The predicted molar refractivity (Wildman–Crippen MR) is 192 cm³/mol. The van der Waals surface area contributed by atoms with Crippen LogP contribution >= 0.6 is 0 Å². The standard InChI is InChI=1S/C38H47N7O5/c1-42-22-31(30-21-40-41-37(30)38(42)48)29-18-33(49-2)32(34(19-29)50-3)23-44-14-16-45(17-15-44)36(47)24-43-12-10-27(11-13-43)25-4-6-26(7-5-25)28-8-9-35(46)39-20-28/h4-7,18-19,21-22,27-28H,8-17,20,23-24H2,1-3H3,(H,39,46)(H,40,41). The van der Waals surface area contributed by atoms with Gasteiger partial charge in [-0.15, -0.1) is 0 Å². The van der Waals surface area contributed by atoms with Crippen molar-refractivity contribution in [3.05, 3.63) is 75.8 Å². The Hall–Kier alpha value is -4.68. The Morgan fingerprint density at radius 3 is 2.16 bits per heavy atom. The van der Waals surface area contributed by atoms with Crippen LogP contribution in [0, 0.1) is 0 Å². The maximum atomic E-state index is 13.4. The largest absolute Gasteiger partial charge is 0.496 e. The molecule has 1 atom stereocenters. The number of rotatable bonds is 9. The van der Waals surface area contributed by atoms with Crippen molar-refractivity contribution in [1.82, 2.24) is 34.8 Å². The number of nitrogens with zero attached hydrogens (tertiary/aromatic N) is 5. The van der Waals surface area contributed by atoms with E-state index in [9.17, 15) is 14.4 Å². The second kappa shape index (κ2) is 14.7. The van der Waals surface area contributed by atoms with Crippen LogP contribution in [-0.2, 0) is 23.2 Å². The number of piperidine rings is 2. The van der Waals surface area contributed by atoms with Crippen LogP contribution in [0.3, 0.4) is 0 Å². The zero-order chi connectivity index (χ0) is 34.8. The molecule has 2 aromatic carbocycles. The minimum atomic E-state index is -0.134. The average molecular weight is 682 g/mol. The summed E-state index contributed by atoms with van der Waals surface area (Å²) < 4.78 is 13.3. The van der Waals surface area contributed by atoms with Gasteiger partial charge in [-0.2, -0.15) is 5.10 Å². The molecule has 3 saturated heterocycles. The predicted octanol–water partition coefficient (Wildman–Crippen LogP) is 3.46. The zero-order valence-corrected chi connectivity index (χ0v) is 29.2. The van der Waals surface area contributed by atoms with Gasteiger partial charge in [-0.1, -0.05) is 24.3 Å². The Morgan fingerprint density at radius 1 is 0.880 bits per heavy atom. The topological polar surface area (TPSA) is 125 Å². The normalized spacial score (nSPS) is 19.5. The van der Waals surface area contributed by atoms with Crippen molar-refractivity contribution < 1.29 is 19.1 Å². The van der Waals surface area contributed by atoms with Crippen molar-refractivity contribution in [3.8, 4) is 22.6 Å². The fraction of sp³-hybridized carbons (Fsp3) is 0.474. The number of piperazine rings is 1. The maximum Gasteiger partial charge on any atom is 0.276 e. The first kappa shape index (κ1) is 33.8. The minimum Gasteiger partial charge on any atom is -0.496 e. The molecule has 0 aliphatic carbocycles. The number of ether oxygens (including phenoxy) is 2. The third-order valence-corrected chi connectivity index (χ3v) is 10.9. The molecule has 0 spiro atoms. The number of H-pyrrole nitrogens is 1. The number of aromatic nitrogens is 3. The van der Waals surface area contributed by atoms with Crippen molar-refractivity contribution in [2.24, 2.45) is 7.05 Å². The van der Waals surface area contributed by atoms with E-state index in [1.165, 1.54) is 11.1 Å². The average Bonchev–Trinajstić information content (AvgIpc) is 3.65. The van der Waals surface area contributed by atoms with Gasteiger partial charge in [0.25, 0.3) is 5.56 Å². The first-order chi connectivity index (χ1) is 24.3. The highest BCUT2D eigenvalue weighted by atomic mass is 16.5. The molecule has 12 nitrogen and oxygen atoms in total. The molecule has 2 N–H and O–H groups in total. The highest BCUT2D eigenvalue weighted by Gasteiger charge is 2.28. The Kier molecular flexibility index (Phi) is 9.91. The number of carbonyl (C=O) groups excluding carboxylic acids is 2. The van der Waals surface area contributed by atoms with Gasteiger partial charge in [0.1, 0.15) is 17.0 Å². The lowest BCUT2D eigenvalue weighted by Crippen LogP contribution is -2.51. The monoisotopic (exact) mass is 681 g/mol. The molecule has 3 fully saturated rings. The third-order valence-electron chi connectivity index (χ3n) is 10.9. The minimum absolute atomic E-state index is 0.134. The zero-order valence-electron chi connectivity index (χ0n) is 29.2. The van der Waals surface area contributed by atoms with E-state index >= 15 is 0 Å². The molecule has 1 unspecified atom stereocenters. The summed E-state index contributed by atoms with van der Waals surface area (Å²) in [4.78, 5) is 44.1. The Bertz CT molecular complexity index is 1870. The van der Waals surface area contributed by atoms with E-state index in [0.717, 1.165) is 74.1 Å². The molecule has 3 aliphatic heterocycles. The molecule has 0 radical (unpaired) electrons. The lowest BCUT2D eigenvalue weighted by Gasteiger charge is -2.37. The van der Waals surface area contributed by atoms with E-state index in [4.69, 9.17) is 9.47 Å². The van der Waals surface area contributed by atoms with Gasteiger partial charge in [-0.05, 0) is 67.1 Å². The number of carbonyl (C=O) groups is 2. The third kappa shape index (κ3) is 6.99. The van der Waals surface area contributed by atoms with E-state index < -0.39 is 0 Å². The molecule has 7 rings (SSSR count). The fourth-order valence-electron chi connectivity index (χ4n) is 7.83. The number of likely N-dealkylation sites (tertiary alicyclic amines) is 1. The van der Waals surface area contributed by atoms with Gasteiger partial charge in [0.2, 0.25) is 11.8 Å². The smallest absolute Gasteiger partial charge is 0.276 e. The molecule has 264 valence electrons. The van der Waals surface area contributed by atoms with Crippen LogP contribution in [0.2, 0.25) is 0 Å². The fourth-order valence-corrected chi connectivity index (χ4v) is 7.83. The first-order valence-electron chi connectivity index (χ1n) is 17.7. The van der Waals surface area contributed by atoms with Crippen LogP contribution in [0.4, 0.5) is 0 Å². The highest BCUT2D eigenvalue weighted by molar-refractivity contribution is 5.94. The van der Waals surface area contributed by atoms with Gasteiger partial charge in [0, 0.05) is 75.8 Å². The van der Waals surface area contributed by atoms with Gasteiger partial charge in [-0.3, -0.25) is 29.3 Å².